The molecular formula is C8H11NO. The van der Waals surface area contributed by atoms with Gasteiger partial charge in [-0.05, 0) is 25.0 Å². The molecule has 0 N–H and O–H groups in total. The van der Waals surface area contributed by atoms with Crippen LogP contribution in [0.15, 0.2) is 18.3 Å². The van der Waals surface area contributed by atoms with Crippen molar-refractivity contribution in [1.29, 1.82) is 0 Å². The topological polar surface area (TPSA) is 14.2 Å². The molecule has 1 aliphatic carbocycles. The Bertz CT molecular complexity index is 225. The lowest BCUT2D eigenvalue weighted by atomic mass is 10.6. The second-order valence-electron chi connectivity index (χ2n) is 2.69. The molecule has 1 aromatic rings. The second kappa shape index (κ2) is 2.04. The molecule has 0 radical (unpaired) electrons. The summed E-state index contributed by atoms with van der Waals surface area (Å²) in [6.07, 6.45) is 4.70. The predicted octanol–water partition coefficient (Wildman–Crippen LogP) is 1.83. The first-order chi connectivity index (χ1) is 4.92. The summed E-state index contributed by atoms with van der Waals surface area (Å²) in [5.74, 6) is 0.988. The van der Waals surface area contributed by atoms with Gasteiger partial charge in [0.2, 0.25) is 0 Å². The van der Waals surface area contributed by atoms with Gasteiger partial charge in [0.25, 0.3) is 0 Å². The molecule has 0 aliphatic heterocycles. The normalized spacial score (nSPS) is 17.3. The van der Waals surface area contributed by atoms with Crippen LogP contribution in [0.25, 0.3) is 0 Å². The average Bonchev–Trinajstić information content (AvgIpc) is 2.69. The quantitative estimate of drug-likeness (QED) is 0.606. The molecule has 0 saturated heterocycles. The van der Waals surface area contributed by atoms with Gasteiger partial charge in [0, 0.05) is 12.2 Å². The third-order valence-corrected chi connectivity index (χ3v) is 1.89. The van der Waals surface area contributed by atoms with Gasteiger partial charge in [0.1, 0.15) is 0 Å². The highest BCUT2D eigenvalue weighted by molar-refractivity contribution is 5.16. The van der Waals surface area contributed by atoms with Gasteiger partial charge in [-0.1, -0.05) is 0 Å². The van der Waals surface area contributed by atoms with Crippen LogP contribution < -0.4 is 4.74 Å². The zero-order valence-electron chi connectivity index (χ0n) is 6.08. The lowest BCUT2D eigenvalue weighted by molar-refractivity contribution is 0.373. The molecule has 1 saturated carbocycles. The summed E-state index contributed by atoms with van der Waals surface area (Å²) in [5, 5.41) is 0. The Kier molecular flexibility index (Phi) is 1.19. The molecule has 0 bridgehead atoms. The van der Waals surface area contributed by atoms with E-state index < -0.39 is 0 Å². The van der Waals surface area contributed by atoms with E-state index in [-0.39, 0.29) is 0 Å². The molecule has 1 fully saturated rings. The molecule has 2 rings (SSSR count). The predicted molar refractivity (Wildman–Crippen MR) is 39.3 cm³/mol. The van der Waals surface area contributed by atoms with Crippen molar-refractivity contribution < 1.29 is 4.74 Å². The molecule has 54 valence electrons. The lowest BCUT2D eigenvalue weighted by Gasteiger charge is -2.04. The SMILES string of the molecule is COc1cccn1C1CC1. The number of hydrogen-bond acceptors (Lipinski definition) is 1. The van der Waals surface area contributed by atoms with Crippen molar-refractivity contribution in [3.63, 3.8) is 0 Å². The standard InChI is InChI=1S/C8H11NO/c1-10-8-3-2-6-9(8)7-4-5-7/h2-3,6-7H,4-5H2,1H3. The van der Waals surface area contributed by atoms with Crippen molar-refractivity contribution in [3.05, 3.63) is 18.3 Å². The first-order valence-electron chi connectivity index (χ1n) is 3.62. The Morgan fingerprint density at radius 1 is 1.60 bits per heavy atom. The van der Waals surface area contributed by atoms with E-state index in [1.54, 1.807) is 7.11 Å². The monoisotopic (exact) mass is 137 g/mol. The van der Waals surface area contributed by atoms with E-state index in [9.17, 15) is 0 Å². The van der Waals surface area contributed by atoms with Gasteiger partial charge < -0.3 is 9.30 Å². The van der Waals surface area contributed by atoms with Crippen molar-refractivity contribution in [2.75, 3.05) is 7.11 Å². The fourth-order valence-electron chi connectivity index (χ4n) is 1.21. The highest BCUT2D eigenvalue weighted by Crippen LogP contribution is 2.37. The Hall–Kier alpha value is -0.920. The Morgan fingerprint density at radius 2 is 2.40 bits per heavy atom. The molecular weight excluding hydrogens is 126 g/mol. The smallest absolute Gasteiger partial charge is 0.193 e. The summed E-state index contributed by atoms with van der Waals surface area (Å²) in [5.41, 5.74) is 0. The van der Waals surface area contributed by atoms with E-state index in [0.717, 1.165) is 11.9 Å². The fraction of sp³-hybridized carbons (Fsp3) is 0.500. The van der Waals surface area contributed by atoms with Gasteiger partial charge >= 0.3 is 0 Å². The Balaban J connectivity index is 2.28. The van der Waals surface area contributed by atoms with Crippen LogP contribution >= 0.6 is 0 Å². The largest absolute Gasteiger partial charge is 0.482 e. The molecule has 1 aliphatic rings. The van der Waals surface area contributed by atoms with E-state index in [0.29, 0.717) is 0 Å². The number of hydrogen-bond donors (Lipinski definition) is 0. The number of methoxy groups -OCH3 is 1. The van der Waals surface area contributed by atoms with Gasteiger partial charge in [-0.15, -0.1) is 0 Å². The highest BCUT2D eigenvalue weighted by Gasteiger charge is 2.24. The van der Waals surface area contributed by atoms with Crippen LogP contribution in [0, 0.1) is 0 Å². The summed E-state index contributed by atoms with van der Waals surface area (Å²) in [7, 11) is 1.72. The van der Waals surface area contributed by atoms with Gasteiger partial charge in [0.15, 0.2) is 5.88 Å². The van der Waals surface area contributed by atoms with Crippen LogP contribution in [-0.4, -0.2) is 11.7 Å². The van der Waals surface area contributed by atoms with E-state index in [4.69, 9.17) is 4.74 Å². The Morgan fingerprint density at radius 3 is 3.00 bits per heavy atom. The van der Waals surface area contributed by atoms with Gasteiger partial charge in [-0.3, -0.25) is 0 Å². The van der Waals surface area contributed by atoms with E-state index >= 15 is 0 Å². The van der Waals surface area contributed by atoms with Crippen molar-refractivity contribution in [2.24, 2.45) is 0 Å². The van der Waals surface area contributed by atoms with Gasteiger partial charge in [-0.25, -0.2) is 0 Å². The number of nitrogens with zero attached hydrogens (tertiary/aromatic N) is 1. The third-order valence-electron chi connectivity index (χ3n) is 1.89. The summed E-state index contributed by atoms with van der Waals surface area (Å²) in [6, 6.07) is 4.75. The summed E-state index contributed by atoms with van der Waals surface area (Å²) >= 11 is 0. The van der Waals surface area contributed by atoms with Crippen LogP contribution in [0.5, 0.6) is 5.88 Å². The zero-order valence-corrected chi connectivity index (χ0v) is 6.08. The minimum Gasteiger partial charge on any atom is -0.482 e. The van der Waals surface area contributed by atoms with Crippen molar-refractivity contribution in [2.45, 2.75) is 18.9 Å². The highest BCUT2D eigenvalue weighted by atomic mass is 16.5. The van der Waals surface area contributed by atoms with Crippen molar-refractivity contribution in [1.82, 2.24) is 4.57 Å². The van der Waals surface area contributed by atoms with E-state index in [1.807, 2.05) is 12.1 Å². The molecule has 0 unspecified atom stereocenters. The van der Waals surface area contributed by atoms with Crippen LogP contribution in [-0.2, 0) is 0 Å². The summed E-state index contributed by atoms with van der Waals surface area (Å²) in [6.45, 7) is 0. The van der Waals surface area contributed by atoms with Crippen LogP contribution in [0.4, 0.5) is 0 Å². The van der Waals surface area contributed by atoms with Gasteiger partial charge in [0.05, 0.1) is 7.11 Å². The molecule has 1 heterocycles. The first-order valence-corrected chi connectivity index (χ1v) is 3.62. The van der Waals surface area contributed by atoms with Gasteiger partial charge in [-0.2, -0.15) is 0 Å². The second-order valence-corrected chi connectivity index (χ2v) is 2.69. The van der Waals surface area contributed by atoms with Crippen LogP contribution in [0.1, 0.15) is 18.9 Å². The summed E-state index contributed by atoms with van der Waals surface area (Å²) in [4.78, 5) is 0. The van der Waals surface area contributed by atoms with Crippen molar-refractivity contribution >= 4 is 0 Å². The summed E-state index contributed by atoms with van der Waals surface area (Å²) < 4.78 is 7.34. The zero-order chi connectivity index (χ0) is 6.97. The molecule has 0 aromatic carbocycles. The maximum atomic E-state index is 5.15. The number of ether oxygens (including phenoxy) is 1. The minimum absolute atomic E-state index is 0.727. The molecule has 0 atom stereocenters. The number of aromatic nitrogens is 1. The Labute approximate surface area is 60.4 Å². The molecule has 0 amide bonds. The fourth-order valence-corrected chi connectivity index (χ4v) is 1.21. The molecule has 2 nitrogen and oxygen atoms in total. The minimum atomic E-state index is 0.727. The van der Waals surface area contributed by atoms with Crippen molar-refractivity contribution in [3.8, 4) is 5.88 Å². The maximum Gasteiger partial charge on any atom is 0.193 e. The maximum absolute atomic E-state index is 5.15. The molecule has 2 heteroatoms. The first kappa shape index (κ1) is 5.83. The third kappa shape index (κ3) is 0.801. The molecule has 10 heavy (non-hydrogen) atoms. The average molecular weight is 137 g/mol. The van der Waals surface area contributed by atoms with E-state index in [1.165, 1.54) is 12.8 Å². The van der Waals surface area contributed by atoms with Crippen LogP contribution in [0.3, 0.4) is 0 Å². The molecule has 1 aromatic heterocycles. The number of rotatable bonds is 2. The van der Waals surface area contributed by atoms with E-state index in [2.05, 4.69) is 10.8 Å². The molecule has 0 spiro atoms. The van der Waals surface area contributed by atoms with Crippen LogP contribution in [0.2, 0.25) is 0 Å². The lowest BCUT2D eigenvalue weighted by Crippen LogP contribution is -1.94.